The van der Waals surface area contributed by atoms with Gasteiger partial charge >= 0.3 is 11.9 Å². The minimum atomic E-state index is -1.30. The summed E-state index contributed by atoms with van der Waals surface area (Å²) in [5.74, 6) is -2.61. The van der Waals surface area contributed by atoms with E-state index in [1.807, 2.05) is 60.7 Å². The van der Waals surface area contributed by atoms with Crippen molar-refractivity contribution in [3.63, 3.8) is 0 Å². The zero-order chi connectivity index (χ0) is 34.6. The number of esters is 2. The van der Waals surface area contributed by atoms with Crippen molar-refractivity contribution in [1.29, 1.82) is 0 Å². The Labute approximate surface area is 281 Å². The highest BCUT2D eigenvalue weighted by molar-refractivity contribution is 5.89. The number of aliphatic hydroxyl groups excluding tert-OH is 1. The smallest absolute Gasteiger partial charge is 0.332 e. The number of allylic oxidation sites excluding steroid dienone is 2. The molecule has 0 aromatic heterocycles. The van der Waals surface area contributed by atoms with Gasteiger partial charge in [-0.2, -0.15) is 0 Å². The summed E-state index contributed by atoms with van der Waals surface area (Å²) < 4.78 is 16.5. The molecule has 0 bridgehead atoms. The lowest BCUT2D eigenvalue weighted by Gasteiger charge is -2.22. The summed E-state index contributed by atoms with van der Waals surface area (Å²) in [5, 5.41) is 15.4. The lowest BCUT2D eigenvalue weighted by Crippen LogP contribution is -2.48. The van der Waals surface area contributed by atoms with Gasteiger partial charge in [0.05, 0.1) is 18.6 Å². The van der Waals surface area contributed by atoms with Crippen molar-refractivity contribution in [2.45, 2.75) is 57.4 Å². The molecule has 3 atom stereocenters. The molecule has 0 heterocycles. The van der Waals surface area contributed by atoms with Crippen LogP contribution in [0, 0.1) is 5.92 Å². The number of carbonyl (C=O) groups excluding carboxylic acids is 4. The normalized spacial score (nSPS) is 12.4. The second-order valence-corrected chi connectivity index (χ2v) is 11.2. The number of nitrogens with one attached hydrogen (secondary N) is 2. The predicted octanol–water partition coefficient (Wildman–Crippen LogP) is 4.61. The number of aliphatic hydroxyl groups is 1. The van der Waals surface area contributed by atoms with Crippen LogP contribution in [0.4, 0.5) is 0 Å². The number of rotatable bonds is 21. The molecule has 10 nitrogen and oxygen atoms in total. The Balaban J connectivity index is 1.57. The van der Waals surface area contributed by atoms with E-state index in [1.54, 1.807) is 30.3 Å². The fourth-order valence-electron chi connectivity index (χ4n) is 4.66. The van der Waals surface area contributed by atoms with E-state index in [0.29, 0.717) is 25.2 Å². The molecule has 3 N–H and O–H groups in total. The van der Waals surface area contributed by atoms with Gasteiger partial charge in [-0.3, -0.25) is 14.4 Å². The van der Waals surface area contributed by atoms with Crippen LogP contribution in [-0.2, 0) is 48.3 Å². The Kier molecular flexibility index (Phi) is 16.1. The van der Waals surface area contributed by atoms with Gasteiger partial charge in [0.15, 0.2) is 6.04 Å². The minimum absolute atomic E-state index is 0.0407. The predicted molar refractivity (Wildman–Crippen MR) is 181 cm³/mol. The first kappa shape index (κ1) is 37.2. The standard InChI is InChI=1S/C38H44N2O8/c1-3-5-17-36(43)47-27-34(38(45)48-26-30-15-10-7-11-16-30)40-37(44)31(12-4-2)23-35(42)39-32(24-41)22-28-18-20-33(21-19-28)46-25-29-13-8-6-9-14-29/h3-4,6-11,13-16,18-21,31-32,34,41H,1-2,5,12,17,22-27H2,(H,39,42)(H,40,44). The third kappa shape index (κ3) is 13.6. The monoisotopic (exact) mass is 656 g/mol. The maximum Gasteiger partial charge on any atom is 0.332 e. The van der Waals surface area contributed by atoms with Crippen molar-refractivity contribution in [3.8, 4) is 5.75 Å². The molecular formula is C38H44N2O8. The zero-order valence-electron chi connectivity index (χ0n) is 27.1. The van der Waals surface area contributed by atoms with E-state index in [9.17, 15) is 24.3 Å². The summed E-state index contributed by atoms with van der Waals surface area (Å²) >= 11 is 0. The van der Waals surface area contributed by atoms with Crippen LogP contribution in [0.5, 0.6) is 5.75 Å². The summed E-state index contributed by atoms with van der Waals surface area (Å²) in [6.45, 7) is 6.91. The SMILES string of the molecule is C=CCCC(=O)OCC(NC(=O)C(CC=C)CC(=O)NC(CO)Cc1ccc(OCc2ccccc2)cc1)C(=O)OCc1ccccc1. The summed E-state index contributed by atoms with van der Waals surface area (Å²) in [6.07, 6.45) is 3.80. The molecule has 2 amide bonds. The van der Waals surface area contributed by atoms with E-state index in [2.05, 4.69) is 23.8 Å². The van der Waals surface area contributed by atoms with Crippen LogP contribution in [0.3, 0.4) is 0 Å². The Morgan fingerprint density at radius 3 is 2.02 bits per heavy atom. The first-order valence-electron chi connectivity index (χ1n) is 15.9. The highest BCUT2D eigenvalue weighted by atomic mass is 16.6. The Hall–Kier alpha value is -5.22. The molecule has 0 aliphatic carbocycles. The second kappa shape index (κ2) is 20.8. The third-order valence-electron chi connectivity index (χ3n) is 7.28. The van der Waals surface area contributed by atoms with Crippen LogP contribution in [0.2, 0.25) is 0 Å². The highest BCUT2D eigenvalue weighted by Crippen LogP contribution is 2.16. The molecule has 3 aromatic rings. The highest BCUT2D eigenvalue weighted by Gasteiger charge is 2.29. The summed E-state index contributed by atoms with van der Waals surface area (Å²) in [7, 11) is 0. The molecule has 0 fully saturated rings. The maximum absolute atomic E-state index is 13.3. The molecule has 48 heavy (non-hydrogen) atoms. The molecule has 0 radical (unpaired) electrons. The van der Waals surface area contributed by atoms with Gasteiger partial charge in [-0.15, -0.1) is 13.2 Å². The van der Waals surface area contributed by atoms with Gasteiger partial charge in [-0.25, -0.2) is 4.79 Å². The molecule has 254 valence electrons. The van der Waals surface area contributed by atoms with Crippen molar-refractivity contribution in [2.24, 2.45) is 5.92 Å². The van der Waals surface area contributed by atoms with Gasteiger partial charge in [0.2, 0.25) is 11.8 Å². The number of ether oxygens (including phenoxy) is 3. The van der Waals surface area contributed by atoms with Crippen molar-refractivity contribution in [2.75, 3.05) is 13.2 Å². The zero-order valence-corrected chi connectivity index (χ0v) is 27.1. The lowest BCUT2D eigenvalue weighted by atomic mass is 9.98. The van der Waals surface area contributed by atoms with Crippen LogP contribution >= 0.6 is 0 Å². The maximum atomic E-state index is 13.3. The topological polar surface area (TPSA) is 140 Å². The molecular weight excluding hydrogens is 612 g/mol. The van der Waals surface area contributed by atoms with Gasteiger partial charge in [-0.05, 0) is 48.1 Å². The Morgan fingerprint density at radius 1 is 0.771 bits per heavy atom. The molecule has 0 aliphatic heterocycles. The first-order valence-corrected chi connectivity index (χ1v) is 15.9. The van der Waals surface area contributed by atoms with Crippen LogP contribution in [0.1, 0.15) is 42.4 Å². The summed E-state index contributed by atoms with van der Waals surface area (Å²) in [6, 6.07) is 24.3. The van der Waals surface area contributed by atoms with Gasteiger partial charge in [-0.1, -0.05) is 84.9 Å². The van der Waals surface area contributed by atoms with E-state index in [1.165, 1.54) is 6.08 Å². The summed E-state index contributed by atoms with van der Waals surface area (Å²) in [4.78, 5) is 51.5. The Morgan fingerprint density at radius 2 is 1.42 bits per heavy atom. The summed E-state index contributed by atoms with van der Waals surface area (Å²) in [5.41, 5.74) is 2.67. The quantitative estimate of drug-likeness (QED) is 0.112. The number of hydrogen-bond donors (Lipinski definition) is 3. The van der Waals surface area contributed by atoms with Crippen molar-refractivity contribution < 1.29 is 38.5 Å². The molecule has 0 saturated heterocycles. The van der Waals surface area contributed by atoms with Gasteiger partial charge in [0.1, 0.15) is 25.6 Å². The number of amides is 2. The fraction of sp³-hybridized carbons (Fsp3) is 0.316. The van der Waals surface area contributed by atoms with E-state index >= 15 is 0 Å². The average molecular weight is 657 g/mol. The molecule has 3 aromatic carbocycles. The number of hydrogen-bond acceptors (Lipinski definition) is 8. The molecule has 0 saturated carbocycles. The van der Waals surface area contributed by atoms with E-state index in [-0.39, 0.29) is 32.5 Å². The lowest BCUT2D eigenvalue weighted by molar-refractivity contribution is -0.155. The van der Waals surface area contributed by atoms with Gasteiger partial charge in [0.25, 0.3) is 0 Å². The minimum Gasteiger partial charge on any atom is -0.489 e. The van der Waals surface area contributed by atoms with Gasteiger partial charge in [0, 0.05) is 12.8 Å². The van der Waals surface area contributed by atoms with Crippen molar-refractivity contribution in [3.05, 3.63) is 127 Å². The van der Waals surface area contributed by atoms with E-state index in [0.717, 1.165) is 16.7 Å². The third-order valence-corrected chi connectivity index (χ3v) is 7.28. The van der Waals surface area contributed by atoms with Crippen LogP contribution < -0.4 is 15.4 Å². The first-order chi connectivity index (χ1) is 23.3. The molecule has 3 rings (SSSR count). The van der Waals surface area contributed by atoms with Crippen LogP contribution in [-0.4, -0.2) is 54.2 Å². The van der Waals surface area contributed by atoms with E-state index < -0.39 is 48.4 Å². The Bertz CT molecular complexity index is 1460. The molecule has 0 aliphatic rings. The van der Waals surface area contributed by atoms with Crippen molar-refractivity contribution in [1.82, 2.24) is 10.6 Å². The van der Waals surface area contributed by atoms with Crippen LogP contribution in [0.15, 0.2) is 110 Å². The van der Waals surface area contributed by atoms with Crippen LogP contribution in [0.25, 0.3) is 0 Å². The van der Waals surface area contributed by atoms with Crippen molar-refractivity contribution >= 4 is 23.8 Å². The largest absolute Gasteiger partial charge is 0.489 e. The number of benzene rings is 3. The fourth-order valence-corrected chi connectivity index (χ4v) is 4.66. The molecule has 3 unspecified atom stereocenters. The van der Waals surface area contributed by atoms with E-state index in [4.69, 9.17) is 14.2 Å². The molecule has 10 heteroatoms. The van der Waals surface area contributed by atoms with Gasteiger partial charge < -0.3 is 30.0 Å². The second-order valence-electron chi connectivity index (χ2n) is 11.2. The molecule has 0 spiro atoms. The number of carbonyl (C=O) groups is 4. The average Bonchev–Trinajstić information content (AvgIpc) is 3.11.